The number of likely N-dealkylation sites (tertiary alicyclic amines) is 1. The van der Waals surface area contributed by atoms with Crippen LogP contribution in [0.15, 0.2) is 12.1 Å². The first-order valence-electron chi connectivity index (χ1n) is 10.6. The summed E-state index contributed by atoms with van der Waals surface area (Å²) in [4.78, 5) is 30.7. The summed E-state index contributed by atoms with van der Waals surface area (Å²) in [7, 11) is 1.58. The van der Waals surface area contributed by atoms with Crippen molar-refractivity contribution in [1.29, 1.82) is 0 Å². The van der Waals surface area contributed by atoms with Crippen LogP contribution in [0.5, 0.6) is 5.75 Å². The first-order chi connectivity index (χ1) is 14.6. The zero-order chi connectivity index (χ0) is 22.8. The lowest BCUT2D eigenvalue weighted by Gasteiger charge is -2.48. The molecule has 0 bridgehead atoms. The van der Waals surface area contributed by atoms with E-state index in [1.165, 1.54) is 0 Å². The van der Waals surface area contributed by atoms with Gasteiger partial charge in [0.25, 0.3) is 0 Å². The molecular weight excluding hydrogens is 420 g/mol. The van der Waals surface area contributed by atoms with Gasteiger partial charge < -0.3 is 24.6 Å². The number of halogens is 1. The lowest BCUT2D eigenvalue weighted by atomic mass is 10.1. The Morgan fingerprint density at radius 1 is 1.13 bits per heavy atom. The van der Waals surface area contributed by atoms with E-state index in [2.05, 4.69) is 10.2 Å². The monoisotopic (exact) mass is 452 g/mol. The molecule has 8 nitrogen and oxygen atoms in total. The predicted molar refractivity (Wildman–Crippen MR) is 121 cm³/mol. The molecule has 2 amide bonds. The summed E-state index contributed by atoms with van der Waals surface area (Å²) in [5, 5.41) is 3.81. The molecule has 0 aliphatic carbocycles. The van der Waals surface area contributed by atoms with E-state index >= 15 is 0 Å². The van der Waals surface area contributed by atoms with Crippen molar-refractivity contribution in [2.24, 2.45) is 0 Å². The largest absolute Gasteiger partial charge is 0.495 e. The van der Waals surface area contributed by atoms with Crippen molar-refractivity contribution in [3.8, 4) is 5.75 Å². The van der Waals surface area contributed by atoms with Gasteiger partial charge in [-0.25, -0.2) is 4.79 Å². The fourth-order valence-corrected chi connectivity index (χ4v) is 3.90. The molecule has 1 aromatic rings. The molecule has 0 saturated carbocycles. The van der Waals surface area contributed by atoms with Crippen molar-refractivity contribution in [2.45, 2.75) is 39.3 Å². The van der Waals surface area contributed by atoms with Crippen LogP contribution in [0.25, 0.3) is 0 Å². The van der Waals surface area contributed by atoms with E-state index in [1.54, 1.807) is 18.1 Å². The molecule has 9 heteroatoms. The number of methoxy groups -OCH3 is 1. The maximum Gasteiger partial charge on any atom is 0.410 e. The third-order valence-corrected chi connectivity index (χ3v) is 6.02. The molecule has 0 unspecified atom stereocenters. The minimum Gasteiger partial charge on any atom is -0.495 e. The summed E-state index contributed by atoms with van der Waals surface area (Å²) in [5.74, 6) is 0.672. The number of amides is 2. The maximum atomic E-state index is 12.7. The molecule has 1 aromatic carbocycles. The van der Waals surface area contributed by atoms with Crippen LogP contribution in [-0.4, -0.2) is 91.3 Å². The lowest BCUT2D eigenvalue weighted by Crippen LogP contribution is -2.65. The van der Waals surface area contributed by atoms with E-state index in [4.69, 9.17) is 21.1 Å². The second-order valence-corrected chi connectivity index (χ2v) is 9.52. The Labute approximate surface area is 189 Å². The minimum absolute atomic E-state index is 0.0540. The van der Waals surface area contributed by atoms with Crippen molar-refractivity contribution in [3.05, 3.63) is 22.7 Å². The number of hydrogen-bond acceptors (Lipinski definition) is 6. The van der Waals surface area contributed by atoms with Crippen LogP contribution in [0.4, 0.5) is 10.5 Å². The van der Waals surface area contributed by atoms with Crippen LogP contribution in [0.1, 0.15) is 26.3 Å². The lowest BCUT2D eigenvalue weighted by molar-refractivity contribution is -0.131. The van der Waals surface area contributed by atoms with Crippen LogP contribution in [0, 0.1) is 6.92 Å². The zero-order valence-corrected chi connectivity index (χ0v) is 19.8. The third-order valence-electron chi connectivity index (χ3n) is 5.61. The van der Waals surface area contributed by atoms with Crippen LogP contribution < -0.4 is 10.1 Å². The highest BCUT2D eigenvalue weighted by atomic mass is 35.5. The molecule has 2 saturated heterocycles. The highest BCUT2D eigenvalue weighted by Gasteiger charge is 2.38. The van der Waals surface area contributed by atoms with Crippen molar-refractivity contribution >= 4 is 29.3 Å². The second kappa shape index (κ2) is 9.53. The van der Waals surface area contributed by atoms with E-state index in [-0.39, 0.29) is 18.5 Å². The predicted octanol–water partition coefficient (Wildman–Crippen LogP) is 2.83. The van der Waals surface area contributed by atoms with Crippen LogP contribution in [0.3, 0.4) is 0 Å². The van der Waals surface area contributed by atoms with Gasteiger partial charge in [0, 0.05) is 56.4 Å². The number of nitrogens with one attached hydrogen (secondary N) is 1. The number of piperazine rings is 1. The average molecular weight is 453 g/mol. The van der Waals surface area contributed by atoms with E-state index in [0.717, 1.165) is 24.3 Å². The molecule has 0 spiro atoms. The molecule has 0 aromatic heterocycles. The van der Waals surface area contributed by atoms with Crippen molar-refractivity contribution in [2.75, 3.05) is 58.2 Å². The molecule has 0 atom stereocenters. The third kappa shape index (κ3) is 5.95. The van der Waals surface area contributed by atoms with E-state index < -0.39 is 5.60 Å². The number of carbonyl (C=O) groups is 2. The highest BCUT2D eigenvalue weighted by molar-refractivity contribution is 6.31. The first kappa shape index (κ1) is 23.5. The number of nitrogens with zero attached hydrogens (tertiary/aromatic N) is 3. The van der Waals surface area contributed by atoms with Crippen LogP contribution in [-0.2, 0) is 9.53 Å². The van der Waals surface area contributed by atoms with Crippen molar-refractivity contribution < 1.29 is 19.1 Å². The Kier molecular flexibility index (Phi) is 7.21. The average Bonchev–Trinajstić information content (AvgIpc) is 2.66. The quantitative estimate of drug-likeness (QED) is 0.740. The number of rotatable bonds is 5. The molecule has 2 heterocycles. The van der Waals surface area contributed by atoms with E-state index in [1.807, 2.05) is 38.7 Å². The Hall–Kier alpha value is -2.19. The Bertz CT molecular complexity index is 812. The molecule has 2 aliphatic heterocycles. The molecule has 31 heavy (non-hydrogen) atoms. The SMILES string of the molecule is COc1cc(Cl)c(C)cc1NCC(=O)N1CCN(C2CN(C(=O)OC(C)(C)C)C2)CC1. The summed E-state index contributed by atoms with van der Waals surface area (Å²) in [5.41, 5.74) is 1.21. The van der Waals surface area contributed by atoms with Gasteiger partial charge in [-0.1, -0.05) is 11.6 Å². The molecule has 0 radical (unpaired) electrons. The van der Waals surface area contributed by atoms with Gasteiger partial charge in [0.05, 0.1) is 19.3 Å². The minimum atomic E-state index is -0.475. The fraction of sp³-hybridized carbons (Fsp3) is 0.636. The maximum absolute atomic E-state index is 12.7. The molecular formula is C22H33ClN4O4. The van der Waals surface area contributed by atoms with Crippen LogP contribution in [0.2, 0.25) is 5.02 Å². The number of hydrogen-bond donors (Lipinski definition) is 1. The van der Waals surface area contributed by atoms with E-state index in [0.29, 0.717) is 43.0 Å². The standard InChI is InChI=1S/C22H33ClN4O4/c1-15-10-18(19(30-5)11-17(15)23)24-12-20(28)26-8-6-25(7-9-26)16-13-27(14-16)21(29)31-22(2,3)4/h10-11,16,24H,6-9,12-14H2,1-5H3. The number of ether oxygens (including phenoxy) is 2. The summed E-state index contributed by atoms with van der Waals surface area (Å²) < 4.78 is 10.8. The highest BCUT2D eigenvalue weighted by Crippen LogP contribution is 2.30. The number of aryl methyl sites for hydroxylation is 1. The second-order valence-electron chi connectivity index (χ2n) is 9.11. The smallest absolute Gasteiger partial charge is 0.410 e. The Balaban J connectivity index is 1.42. The van der Waals surface area contributed by atoms with Gasteiger partial charge >= 0.3 is 6.09 Å². The van der Waals surface area contributed by atoms with Gasteiger partial charge in [-0.2, -0.15) is 0 Å². The van der Waals surface area contributed by atoms with Crippen molar-refractivity contribution in [3.63, 3.8) is 0 Å². The Morgan fingerprint density at radius 3 is 2.35 bits per heavy atom. The van der Waals surface area contributed by atoms with Gasteiger partial charge in [0.2, 0.25) is 5.91 Å². The molecule has 2 fully saturated rings. The van der Waals surface area contributed by atoms with Gasteiger partial charge in [-0.15, -0.1) is 0 Å². The molecule has 2 aliphatic rings. The molecule has 172 valence electrons. The number of benzene rings is 1. The summed E-state index contributed by atoms with van der Waals surface area (Å²) in [6.45, 7) is 12.1. The number of anilines is 1. The van der Waals surface area contributed by atoms with Crippen LogP contribution >= 0.6 is 11.6 Å². The summed E-state index contributed by atoms with van der Waals surface area (Å²) >= 11 is 6.14. The van der Waals surface area contributed by atoms with Gasteiger partial charge in [-0.05, 0) is 39.3 Å². The summed E-state index contributed by atoms with van der Waals surface area (Å²) in [6, 6.07) is 3.98. The normalized spacial score (nSPS) is 17.9. The molecule has 3 rings (SSSR count). The fourth-order valence-electron chi connectivity index (χ4n) is 3.75. The van der Waals surface area contributed by atoms with Gasteiger partial charge in [0.15, 0.2) is 0 Å². The van der Waals surface area contributed by atoms with E-state index in [9.17, 15) is 9.59 Å². The topological polar surface area (TPSA) is 74.4 Å². The van der Waals surface area contributed by atoms with Gasteiger partial charge in [-0.3, -0.25) is 9.69 Å². The van der Waals surface area contributed by atoms with Gasteiger partial charge in [0.1, 0.15) is 11.4 Å². The number of carbonyl (C=O) groups excluding carboxylic acids is 2. The first-order valence-corrected chi connectivity index (χ1v) is 11.0. The zero-order valence-electron chi connectivity index (χ0n) is 19.0. The Morgan fingerprint density at radius 2 is 1.77 bits per heavy atom. The van der Waals surface area contributed by atoms with Crippen molar-refractivity contribution in [1.82, 2.24) is 14.7 Å². The molecule has 1 N–H and O–H groups in total. The summed E-state index contributed by atoms with van der Waals surface area (Å²) in [6.07, 6.45) is -0.253.